The number of aromatic nitrogens is 1. The van der Waals surface area contributed by atoms with Crippen LogP contribution < -0.4 is 5.32 Å². The zero-order valence-electron chi connectivity index (χ0n) is 10.8. The topological polar surface area (TPSA) is 65.5 Å². The summed E-state index contributed by atoms with van der Waals surface area (Å²) in [6.45, 7) is 0.725. The predicted molar refractivity (Wildman–Crippen MR) is 73.7 cm³/mol. The number of fused-ring (bicyclic) bond motifs is 1. The van der Waals surface area contributed by atoms with Gasteiger partial charge in [-0.3, -0.25) is 4.98 Å². The molecule has 2 N–H and O–H groups in total. The average molecular weight is 259 g/mol. The quantitative estimate of drug-likeness (QED) is 0.871. The summed E-state index contributed by atoms with van der Waals surface area (Å²) in [5, 5.41) is 12.6. The Bertz CT molecular complexity index is 566. The van der Waals surface area contributed by atoms with Gasteiger partial charge in [0, 0.05) is 31.7 Å². The number of hydrogen-bond acceptors (Lipinski definition) is 3. The van der Waals surface area contributed by atoms with E-state index in [4.69, 9.17) is 5.11 Å². The highest BCUT2D eigenvalue weighted by atomic mass is 16.3. The van der Waals surface area contributed by atoms with Crippen LogP contribution in [0.3, 0.4) is 0 Å². The molecule has 19 heavy (non-hydrogen) atoms. The number of aliphatic hydroxyl groups excluding tert-OH is 1. The minimum absolute atomic E-state index is 0.0396. The molecule has 2 rings (SSSR count). The predicted octanol–water partition coefficient (Wildman–Crippen LogP) is 1.37. The number of pyridine rings is 1. The Labute approximate surface area is 111 Å². The first-order valence-corrected chi connectivity index (χ1v) is 6.15. The lowest BCUT2D eigenvalue weighted by molar-refractivity contribution is 0.190. The Kier molecular flexibility index (Phi) is 4.30. The van der Waals surface area contributed by atoms with Crippen LogP contribution in [0.2, 0.25) is 0 Å². The van der Waals surface area contributed by atoms with Gasteiger partial charge in [-0.2, -0.15) is 0 Å². The number of carbonyl (C=O) groups is 1. The van der Waals surface area contributed by atoms with Crippen molar-refractivity contribution in [2.75, 3.05) is 20.2 Å². The molecular weight excluding hydrogens is 242 g/mol. The van der Waals surface area contributed by atoms with Crippen LogP contribution in [0.15, 0.2) is 36.5 Å². The maximum Gasteiger partial charge on any atom is 0.317 e. The fraction of sp³-hybridized carbons (Fsp3) is 0.286. The van der Waals surface area contributed by atoms with Gasteiger partial charge in [0.15, 0.2) is 0 Å². The fourth-order valence-electron chi connectivity index (χ4n) is 1.87. The van der Waals surface area contributed by atoms with E-state index in [1.165, 1.54) is 4.90 Å². The molecule has 0 saturated heterocycles. The molecule has 0 saturated carbocycles. The molecule has 0 aliphatic heterocycles. The highest BCUT2D eigenvalue weighted by molar-refractivity contribution is 5.82. The van der Waals surface area contributed by atoms with E-state index in [1.807, 2.05) is 30.3 Å². The van der Waals surface area contributed by atoms with Crippen LogP contribution in [0.25, 0.3) is 10.9 Å². The van der Waals surface area contributed by atoms with E-state index in [2.05, 4.69) is 10.3 Å². The van der Waals surface area contributed by atoms with Crippen molar-refractivity contribution in [3.8, 4) is 0 Å². The summed E-state index contributed by atoms with van der Waals surface area (Å²) in [5.74, 6) is 0. The van der Waals surface area contributed by atoms with Crippen molar-refractivity contribution in [1.29, 1.82) is 0 Å². The Hall–Kier alpha value is -2.14. The number of likely N-dealkylation sites (N-methyl/N-ethyl adjacent to an activating group) is 1. The van der Waals surface area contributed by atoms with E-state index in [1.54, 1.807) is 13.2 Å². The van der Waals surface area contributed by atoms with Crippen molar-refractivity contribution in [3.05, 3.63) is 42.1 Å². The van der Waals surface area contributed by atoms with Gasteiger partial charge in [0.2, 0.25) is 0 Å². The number of benzene rings is 1. The molecule has 0 fully saturated rings. The van der Waals surface area contributed by atoms with Gasteiger partial charge in [0.05, 0.1) is 12.1 Å². The number of nitrogens with one attached hydrogen (secondary N) is 1. The van der Waals surface area contributed by atoms with Crippen molar-refractivity contribution in [2.24, 2.45) is 0 Å². The summed E-state index contributed by atoms with van der Waals surface area (Å²) < 4.78 is 0. The van der Waals surface area contributed by atoms with Gasteiger partial charge in [-0.15, -0.1) is 0 Å². The van der Waals surface area contributed by atoms with Crippen LogP contribution in [0.1, 0.15) is 5.56 Å². The minimum Gasteiger partial charge on any atom is -0.395 e. The van der Waals surface area contributed by atoms with Gasteiger partial charge in [0.1, 0.15) is 0 Å². The van der Waals surface area contributed by atoms with Crippen LogP contribution in [0.5, 0.6) is 0 Å². The lowest BCUT2D eigenvalue weighted by Crippen LogP contribution is -2.38. The summed E-state index contributed by atoms with van der Waals surface area (Å²) in [6, 6.07) is 9.52. The number of aliphatic hydroxyl groups is 1. The molecule has 0 aliphatic rings. The molecule has 0 unspecified atom stereocenters. The lowest BCUT2D eigenvalue weighted by atomic mass is 10.1. The molecule has 5 heteroatoms. The van der Waals surface area contributed by atoms with Crippen molar-refractivity contribution in [1.82, 2.24) is 15.2 Å². The molecular formula is C14H17N3O2. The molecule has 1 aromatic heterocycles. The first kappa shape index (κ1) is 13.3. The lowest BCUT2D eigenvalue weighted by Gasteiger charge is -2.16. The third-order valence-electron chi connectivity index (χ3n) is 2.95. The highest BCUT2D eigenvalue weighted by Gasteiger charge is 2.08. The van der Waals surface area contributed by atoms with Crippen molar-refractivity contribution in [2.45, 2.75) is 6.54 Å². The monoisotopic (exact) mass is 259 g/mol. The standard InChI is InChI=1S/C14H17N3O2/c1-17(8-9-18)14(19)16-10-11-6-7-15-13-5-3-2-4-12(11)13/h2-7,18H,8-10H2,1H3,(H,16,19). The first-order chi connectivity index (χ1) is 9.22. The SMILES string of the molecule is CN(CCO)C(=O)NCc1ccnc2ccccc12. The fourth-order valence-corrected chi connectivity index (χ4v) is 1.87. The Morgan fingerprint density at radius 3 is 2.95 bits per heavy atom. The number of rotatable bonds is 4. The van der Waals surface area contributed by atoms with Crippen LogP contribution in [0.4, 0.5) is 4.79 Å². The number of urea groups is 1. The molecule has 0 bridgehead atoms. The molecule has 0 aliphatic carbocycles. The number of hydrogen-bond donors (Lipinski definition) is 2. The van der Waals surface area contributed by atoms with Crippen LogP contribution in [-0.2, 0) is 6.54 Å². The van der Waals surface area contributed by atoms with Crippen molar-refractivity contribution < 1.29 is 9.90 Å². The van der Waals surface area contributed by atoms with E-state index < -0.39 is 0 Å². The summed E-state index contributed by atoms with van der Waals surface area (Å²) in [7, 11) is 1.65. The zero-order valence-corrected chi connectivity index (χ0v) is 10.8. The number of para-hydroxylation sites is 1. The van der Waals surface area contributed by atoms with E-state index >= 15 is 0 Å². The van der Waals surface area contributed by atoms with Gasteiger partial charge in [-0.25, -0.2) is 4.79 Å². The third-order valence-corrected chi connectivity index (χ3v) is 2.95. The molecule has 5 nitrogen and oxygen atoms in total. The van der Waals surface area contributed by atoms with Crippen LogP contribution >= 0.6 is 0 Å². The van der Waals surface area contributed by atoms with Gasteiger partial charge >= 0.3 is 6.03 Å². The molecule has 2 aromatic rings. The summed E-state index contributed by atoms with van der Waals surface area (Å²) >= 11 is 0. The second kappa shape index (κ2) is 6.15. The number of nitrogens with zero attached hydrogens (tertiary/aromatic N) is 2. The second-order valence-electron chi connectivity index (χ2n) is 4.29. The van der Waals surface area contributed by atoms with Gasteiger partial charge in [-0.1, -0.05) is 18.2 Å². The van der Waals surface area contributed by atoms with Crippen LogP contribution in [-0.4, -0.2) is 41.2 Å². The summed E-state index contributed by atoms with van der Waals surface area (Å²) in [5.41, 5.74) is 1.94. The highest BCUT2D eigenvalue weighted by Crippen LogP contribution is 2.15. The third kappa shape index (κ3) is 3.20. The van der Waals surface area contributed by atoms with Crippen LogP contribution in [0, 0.1) is 0 Å². The van der Waals surface area contributed by atoms with Gasteiger partial charge < -0.3 is 15.3 Å². The Morgan fingerprint density at radius 2 is 2.16 bits per heavy atom. The zero-order chi connectivity index (χ0) is 13.7. The van der Waals surface area contributed by atoms with E-state index in [0.717, 1.165) is 16.5 Å². The average Bonchev–Trinajstić information content (AvgIpc) is 2.45. The molecule has 0 atom stereocenters. The molecule has 1 heterocycles. The Balaban J connectivity index is 2.08. The van der Waals surface area contributed by atoms with Gasteiger partial charge in [-0.05, 0) is 17.7 Å². The summed E-state index contributed by atoms with van der Waals surface area (Å²) in [4.78, 5) is 17.5. The second-order valence-corrected chi connectivity index (χ2v) is 4.29. The van der Waals surface area contributed by atoms with Gasteiger partial charge in [0.25, 0.3) is 0 Å². The van der Waals surface area contributed by atoms with E-state index in [0.29, 0.717) is 13.1 Å². The normalized spacial score (nSPS) is 10.4. The molecule has 1 aromatic carbocycles. The number of amides is 2. The maximum absolute atomic E-state index is 11.7. The van der Waals surface area contributed by atoms with E-state index in [9.17, 15) is 4.79 Å². The Morgan fingerprint density at radius 1 is 1.37 bits per heavy atom. The molecule has 0 spiro atoms. The molecule has 2 amide bonds. The number of carbonyl (C=O) groups excluding carboxylic acids is 1. The largest absolute Gasteiger partial charge is 0.395 e. The maximum atomic E-state index is 11.7. The van der Waals surface area contributed by atoms with E-state index in [-0.39, 0.29) is 12.6 Å². The molecule has 0 radical (unpaired) electrons. The minimum atomic E-state index is -0.199. The smallest absolute Gasteiger partial charge is 0.317 e. The molecule has 100 valence electrons. The summed E-state index contributed by atoms with van der Waals surface area (Å²) in [6.07, 6.45) is 1.74. The van der Waals surface area contributed by atoms with Crippen molar-refractivity contribution >= 4 is 16.9 Å². The van der Waals surface area contributed by atoms with Crippen molar-refractivity contribution in [3.63, 3.8) is 0 Å². The first-order valence-electron chi connectivity index (χ1n) is 6.15.